The lowest BCUT2D eigenvalue weighted by Crippen LogP contribution is -2.32. The molecule has 1 heterocycles. The van der Waals surface area contributed by atoms with Crippen LogP contribution in [0.5, 0.6) is 5.75 Å². The molecule has 0 radical (unpaired) electrons. The van der Waals surface area contributed by atoms with E-state index in [1.54, 1.807) is 0 Å². The van der Waals surface area contributed by atoms with E-state index in [-0.39, 0.29) is 5.91 Å². The highest BCUT2D eigenvalue weighted by Crippen LogP contribution is 2.24. The van der Waals surface area contributed by atoms with Crippen LogP contribution >= 0.6 is 0 Å². The third-order valence-electron chi connectivity index (χ3n) is 5.09. The van der Waals surface area contributed by atoms with Crippen LogP contribution in [-0.4, -0.2) is 25.1 Å². The molecular formula is C22H28N2O2. The maximum atomic E-state index is 12.6. The third-order valence-corrected chi connectivity index (χ3v) is 5.09. The van der Waals surface area contributed by atoms with Crippen LogP contribution in [0.1, 0.15) is 37.3 Å². The van der Waals surface area contributed by atoms with Gasteiger partial charge in [0.1, 0.15) is 5.75 Å². The predicted molar refractivity (Wildman–Crippen MR) is 107 cm³/mol. The minimum atomic E-state index is -0.506. The zero-order valence-electron chi connectivity index (χ0n) is 15.9. The number of ether oxygens (including phenoxy) is 1. The SMILES string of the molecule is CC[C@@H](Oc1cccc(C)c1C)C(=O)Nc1ccc(N2CCCC2)cc1. The van der Waals surface area contributed by atoms with Gasteiger partial charge in [-0.3, -0.25) is 4.79 Å². The Morgan fingerprint density at radius 2 is 1.81 bits per heavy atom. The maximum absolute atomic E-state index is 12.6. The Bertz CT molecular complexity index is 749. The van der Waals surface area contributed by atoms with Crippen molar-refractivity contribution in [3.63, 3.8) is 0 Å². The summed E-state index contributed by atoms with van der Waals surface area (Å²) >= 11 is 0. The van der Waals surface area contributed by atoms with Gasteiger partial charge in [0.15, 0.2) is 6.10 Å². The van der Waals surface area contributed by atoms with Gasteiger partial charge in [0.05, 0.1) is 0 Å². The largest absolute Gasteiger partial charge is 0.480 e. The normalized spacial score (nSPS) is 15.0. The summed E-state index contributed by atoms with van der Waals surface area (Å²) in [4.78, 5) is 15.0. The topological polar surface area (TPSA) is 41.6 Å². The summed E-state index contributed by atoms with van der Waals surface area (Å²) in [7, 11) is 0. The highest BCUT2D eigenvalue weighted by atomic mass is 16.5. The summed E-state index contributed by atoms with van der Waals surface area (Å²) in [6.07, 6.45) is 2.62. The van der Waals surface area contributed by atoms with E-state index in [2.05, 4.69) is 22.3 Å². The van der Waals surface area contributed by atoms with Crippen molar-refractivity contribution in [2.75, 3.05) is 23.3 Å². The van der Waals surface area contributed by atoms with E-state index >= 15 is 0 Å². The van der Waals surface area contributed by atoms with Crippen molar-refractivity contribution in [1.82, 2.24) is 0 Å². The van der Waals surface area contributed by atoms with Crippen LogP contribution in [0.3, 0.4) is 0 Å². The number of benzene rings is 2. The molecular weight excluding hydrogens is 324 g/mol. The van der Waals surface area contributed by atoms with Crippen molar-refractivity contribution in [2.45, 2.75) is 46.1 Å². The van der Waals surface area contributed by atoms with E-state index in [0.29, 0.717) is 6.42 Å². The van der Waals surface area contributed by atoms with Crippen LogP contribution in [0.25, 0.3) is 0 Å². The number of rotatable bonds is 6. The first-order valence-corrected chi connectivity index (χ1v) is 9.47. The molecule has 1 amide bonds. The minimum Gasteiger partial charge on any atom is -0.480 e. The van der Waals surface area contributed by atoms with Crippen molar-refractivity contribution >= 4 is 17.3 Å². The quantitative estimate of drug-likeness (QED) is 0.819. The Kier molecular flexibility index (Phi) is 5.82. The fourth-order valence-corrected chi connectivity index (χ4v) is 3.28. The van der Waals surface area contributed by atoms with Crippen LogP contribution < -0.4 is 15.0 Å². The zero-order chi connectivity index (χ0) is 18.5. The van der Waals surface area contributed by atoms with Gasteiger partial charge in [0, 0.05) is 24.5 Å². The van der Waals surface area contributed by atoms with Crippen molar-refractivity contribution in [1.29, 1.82) is 0 Å². The molecule has 3 rings (SSSR count). The number of nitrogens with one attached hydrogen (secondary N) is 1. The number of amides is 1. The molecule has 2 aromatic rings. The Morgan fingerprint density at radius 1 is 1.12 bits per heavy atom. The standard InChI is InChI=1S/C22H28N2O2/c1-4-20(26-21-9-7-8-16(2)17(21)3)22(25)23-18-10-12-19(13-11-18)24-14-5-6-15-24/h7-13,20H,4-6,14-15H2,1-3H3,(H,23,25)/t20-/m1/s1. The van der Waals surface area contributed by atoms with Gasteiger partial charge in [-0.15, -0.1) is 0 Å². The van der Waals surface area contributed by atoms with Gasteiger partial charge >= 0.3 is 0 Å². The van der Waals surface area contributed by atoms with E-state index in [4.69, 9.17) is 4.74 Å². The molecule has 138 valence electrons. The maximum Gasteiger partial charge on any atom is 0.265 e. The molecule has 4 nitrogen and oxygen atoms in total. The molecule has 0 bridgehead atoms. The Morgan fingerprint density at radius 3 is 2.46 bits per heavy atom. The van der Waals surface area contributed by atoms with Gasteiger partial charge in [-0.25, -0.2) is 0 Å². The molecule has 1 fully saturated rings. The second-order valence-electron chi connectivity index (χ2n) is 6.94. The lowest BCUT2D eigenvalue weighted by molar-refractivity contribution is -0.122. The van der Waals surface area contributed by atoms with E-state index in [0.717, 1.165) is 35.7 Å². The van der Waals surface area contributed by atoms with Gasteiger partial charge in [-0.1, -0.05) is 19.1 Å². The molecule has 0 spiro atoms. The summed E-state index contributed by atoms with van der Waals surface area (Å²) in [5.74, 6) is 0.665. The summed E-state index contributed by atoms with van der Waals surface area (Å²) in [5, 5.41) is 2.98. The van der Waals surface area contributed by atoms with Crippen LogP contribution in [0.15, 0.2) is 42.5 Å². The van der Waals surface area contributed by atoms with Crippen molar-refractivity contribution in [2.24, 2.45) is 0 Å². The summed E-state index contributed by atoms with van der Waals surface area (Å²) in [6.45, 7) is 8.27. The fourth-order valence-electron chi connectivity index (χ4n) is 3.28. The molecule has 1 aliphatic heterocycles. The molecule has 1 saturated heterocycles. The second-order valence-corrected chi connectivity index (χ2v) is 6.94. The Hall–Kier alpha value is -2.49. The average Bonchev–Trinajstić information content (AvgIpc) is 3.18. The lowest BCUT2D eigenvalue weighted by atomic mass is 10.1. The predicted octanol–water partition coefficient (Wildman–Crippen LogP) is 4.70. The van der Waals surface area contributed by atoms with Gasteiger partial charge in [-0.2, -0.15) is 0 Å². The minimum absolute atomic E-state index is 0.109. The van der Waals surface area contributed by atoms with Crippen molar-refractivity contribution in [3.05, 3.63) is 53.6 Å². The number of carbonyl (C=O) groups is 1. The average molecular weight is 352 g/mol. The number of anilines is 2. The lowest BCUT2D eigenvalue weighted by Gasteiger charge is -2.20. The van der Waals surface area contributed by atoms with Crippen molar-refractivity contribution < 1.29 is 9.53 Å². The number of nitrogens with zero attached hydrogens (tertiary/aromatic N) is 1. The Balaban J connectivity index is 1.64. The van der Waals surface area contributed by atoms with E-state index in [9.17, 15) is 4.79 Å². The van der Waals surface area contributed by atoms with Crippen molar-refractivity contribution in [3.8, 4) is 5.75 Å². The number of carbonyl (C=O) groups excluding carboxylic acids is 1. The molecule has 1 atom stereocenters. The number of hydrogen-bond acceptors (Lipinski definition) is 3. The molecule has 0 saturated carbocycles. The second kappa shape index (κ2) is 8.26. The van der Waals surface area contributed by atoms with Crippen LogP contribution in [0, 0.1) is 13.8 Å². The van der Waals surface area contributed by atoms with Crippen LogP contribution in [0.4, 0.5) is 11.4 Å². The highest BCUT2D eigenvalue weighted by molar-refractivity contribution is 5.94. The smallest absolute Gasteiger partial charge is 0.265 e. The third kappa shape index (κ3) is 4.18. The van der Waals surface area contributed by atoms with Crippen LogP contribution in [0.2, 0.25) is 0 Å². The molecule has 0 aromatic heterocycles. The van der Waals surface area contributed by atoms with Gasteiger partial charge < -0.3 is 15.0 Å². The van der Waals surface area contributed by atoms with E-state index in [1.165, 1.54) is 18.5 Å². The van der Waals surface area contributed by atoms with Gasteiger partial charge in [0.2, 0.25) is 0 Å². The molecule has 0 aliphatic carbocycles. The number of hydrogen-bond donors (Lipinski definition) is 1. The molecule has 0 unspecified atom stereocenters. The van der Waals surface area contributed by atoms with Gasteiger partial charge in [0.25, 0.3) is 5.91 Å². The summed E-state index contributed by atoms with van der Waals surface area (Å²) in [5.41, 5.74) is 4.27. The molecule has 4 heteroatoms. The van der Waals surface area contributed by atoms with Gasteiger partial charge in [-0.05, 0) is 74.6 Å². The van der Waals surface area contributed by atoms with E-state index in [1.807, 2.05) is 51.1 Å². The van der Waals surface area contributed by atoms with E-state index < -0.39 is 6.10 Å². The van der Waals surface area contributed by atoms with Crippen LogP contribution in [-0.2, 0) is 4.79 Å². The number of aryl methyl sites for hydroxylation is 1. The summed E-state index contributed by atoms with van der Waals surface area (Å²) < 4.78 is 5.99. The molecule has 1 aliphatic rings. The molecule has 26 heavy (non-hydrogen) atoms. The first-order chi connectivity index (χ1) is 12.6. The molecule has 1 N–H and O–H groups in total. The molecule has 2 aromatic carbocycles. The first-order valence-electron chi connectivity index (χ1n) is 9.47. The zero-order valence-corrected chi connectivity index (χ0v) is 15.9. The highest BCUT2D eigenvalue weighted by Gasteiger charge is 2.20. The summed E-state index contributed by atoms with van der Waals surface area (Å²) in [6, 6.07) is 14.0. The first kappa shape index (κ1) is 18.3. The monoisotopic (exact) mass is 352 g/mol. The Labute approximate surface area is 156 Å². The fraction of sp³-hybridized carbons (Fsp3) is 0.409.